The van der Waals surface area contributed by atoms with E-state index in [0.717, 1.165) is 43.3 Å². The normalized spacial score (nSPS) is 14.7. The number of anilines is 1. The molecule has 150 valence electrons. The van der Waals surface area contributed by atoms with Crippen molar-refractivity contribution in [3.63, 3.8) is 0 Å². The zero-order chi connectivity index (χ0) is 20.1. The first-order valence-corrected chi connectivity index (χ1v) is 10.1. The SMILES string of the molecule is O=C(NCCN1CCN(c2ccc(Cl)cc2)CC1)c1cc(-c2ccccc2)on1. The number of nitrogens with one attached hydrogen (secondary N) is 1. The fourth-order valence-electron chi connectivity index (χ4n) is 3.42. The molecular weight excluding hydrogens is 388 g/mol. The Labute approximate surface area is 175 Å². The van der Waals surface area contributed by atoms with Gasteiger partial charge >= 0.3 is 0 Å². The summed E-state index contributed by atoms with van der Waals surface area (Å²) in [6, 6.07) is 19.3. The van der Waals surface area contributed by atoms with E-state index in [0.29, 0.717) is 18.0 Å². The Bertz CT molecular complexity index is 935. The van der Waals surface area contributed by atoms with Crippen molar-refractivity contribution in [2.45, 2.75) is 0 Å². The van der Waals surface area contributed by atoms with Crippen LogP contribution < -0.4 is 10.2 Å². The van der Waals surface area contributed by atoms with Gasteiger partial charge < -0.3 is 14.7 Å². The predicted molar refractivity (Wildman–Crippen MR) is 114 cm³/mol. The minimum absolute atomic E-state index is 0.212. The van der Waals surface area contributed by atoms with E-state index in [1.165, 1.54) is 5.69 Å². The highest BCUT2D eigenvalue weighted by molar-refractivity contribution is 6.30. The van der Waals surface area contributed by atoms with Crippen LogP contribution in [0.15, 0.2) is 65.2 Å². The third-order valence-corrected chi connectivity index (χ3v) is 5.33. The first-order chi connectivity index (χ1) is 14.2. The van der Waals surface area contributed by atoms with Crippen molar-refractivity contribution in [1.29, 1.82) is 0 Å². The Kier molecular flexibility index (Phi) is 6.12. The van der Waals surface area contributed by atoms with E-state index < -0.39 is 0 Å². The number of aromatic nitrogens is 1. The summed E-state index contributed by atoms with van der Waals surface area (Å²) in [6.07, 6.45) is 0. The molecule has 7 heteroatoms. The number of amides is 1. The van der Waals surface area contributed by atoms with Crippen LogP contribution in [0.3, 0.4) is 0 Å². The Morgan fingerprint density at radius 2 is 1.76 bits per heavy atom. The Morgan fingerprint density at radius 1 is 1.03 bits per heavy atom. The molecule has 1 aliphatic rings. The van der Waals surface area contributed by atoms with Crippen molar-refractivity contribution in [2.24, 2.45) is 0 Å². The van der Waals surface area contributed by atoms with Gasteiger partial charge in [0, 0.05) is 61.6 Å². The highest BCUT2D eigenvalue weighted by atomic mass is 35.5. The quantitative estimate of drug-likeness (QED) is 0.673. The number of halogens is 1. The van der Waals surface area contributed by atoms with Gasteiger partial charge in [0.15, 0.2) is 11.5 Å². The summed E-state index contributed by atoms with van der Waals surface area (Å²) in [7, 11) is 0. The highest BCUT2D eigenvalue weighted by Gasteiger charge is 2.18. The molecule has 1 aliphatic heterocycles. The van der Waals surface area contributed by atoms with Gasteiger partial charge in [0.2, 0.25) is 0 Å². The molecule has 0 atom stereocenters. The number of carbonyl (C=O) groups excluding carboxylic acids is 1. The summed E-state index contributed by atoms with van der Waals surface area (Å²) in [4.78, 5) is 17.0. The van der Waals surface area contributed by atoms with E-state index in [1.807, 2.05) is 42.5 Å². The van der Waals surface area contributed by atoms with Crippen molar-refractivity contribution in [3.05, 3.63) is 71.4 Å². The molecule has 2 heterocycles. The zero-order valence-corrected chi connectivity index (χ0v) is 16.8. The number of piperazine rings is 1. The maximum atomic E-state index is 12.3. The van der Waals surface area contributed by atoms with Gasteiger partial charge in [-0.3, -0.25) is 9.69 Å². The topological polar surface area (TPSA) is 61.6 Å². The van der Waals surface area contributed by atoms with E-state index in [9.17, 15) is 4.79 Å². The van der Waals surface area contributed by atoms with Crippen molar-refractivity contribution in [1.82, 2.24) is 15.4 Å². The fraction of sp³-hybridized carbons (Fsp3) is 0.273. The zero-order valence-electron chi connectivity index (χ0n) is 16.1. The second kappa shape index (κ2) is 9.11. The molecule has 1 fully saturated rings. The Morgan fingerprint density at radius 3 is 2.48 bits per heavy atom. The maximum Gasteiger partial charge on any atom is 0.273 e. The largest absolute Gasteiger partial charge is 0.369 e. The van der Waals surface area contributed by atoms with E-state index in [4.69, 9.17) is 16.1 Å². The predicted octanol–water partition coefficient (Wildman–Crippen LogP) is 3.55. The van der Waals surface area contributed by atoms with Crippen molar-refractivity contribution in [3.8, 4) is 11.3 Å². The van der Waals surface area contributed by atoms with Crippen LogP contribution in [-0.2, 0) is 0 Å². The van der Waals surface area contributed by atoms with Crippen LogP contribution >= 0.6 is 11.6 Å². The van der Waals surface area contributed by atoms with Gasteiger partial charge in [-0.15, -0.1) is 0 Å². The van der Waals surface area contributed by atoms with Crippen molar-refractivity contribution < 1.29 is 9.32 Å². The van der Waals surface area contributed by atoms with Gasteiger partial charge in [0.05, 0.1) is 0 Å². The standard InChI is InChI=1S/C22H23ClN4O2/c23-18-6-8-19(9-7-18)27-14-12-26(13-15-27)11-10-24-22(28)20-16-21(29-25-20)17-4-2-1-3-5-17/h1-9,16H,10-15H2,(H,24,28). The van der Waals surface area contributed by atoms with Crippen LogP contribution in [0.1, 0.15) is 10.5 Å². The number of benzene rings is 2. The molecular formula is C22H23ClN4O2. The molecule has 3 aromatic rings. The number of carbonyl (C=O) groups is 1. The average Bonchev–Trinajstić information content (AvgIpc) is 3.26. The lowest BCUT2D eigenvalue weighted by Gasteiger charge is -2.36. The molecule has 2 aromatic carbocycles. The molecule has 0 aliphatic carbocycles. The number of hydrogen-bond acceptors (Lipinski definition) is 5. The minimum Gasteiger partial charge on any atom is -0.369 e. The van der Waals surface area contributed by atoms with Crippen molar-refractivity contribution >= 4 is 23.2 Å². The van der Waals surface area contributed by atoms with E-state index in [1.54, 1.807) is 6.07 Å². The van der Waals surface area contributed by atoms with E-state index >= 15 is 0 Å². The third-order valence-electron chi connectivity index (χ3n) is 5.08. The van der Waals surface area contributed by atoms with Crippen LogP contribution in [0, 0.1) is 0 Å². The molecule has 0 unspecified atom stereocenters. The second-order valence-corrected chi connectivity index (χ2v) is 7.44. The molecule has 1 N–H and O–H groups in total. The van der Waals surface area contributed by atoms with Crippen LogP contribution in [0.5, 0.6) is 0 Å². The van der Waals surface area contributed by atoms with Gasteiger partial charge in [0.1, 0.15) is 0 Å². The first-order valence-electron chi connectivity index (χ1n) is 9.72. The van der Waals surface area contributed by atoms with Gasteiger partial charge in [-0.1, -0.05) is 47.1 Å². The van der Waals surface area contributed by atoms with Crippen LogP contribution in [-0.4, -0.2) is 55.2 Å². The van der Waals surface area contributed by atoms with E-state index in [2.05, 4.69) is 32.4 Å². The monoisotopic (exact) mass is 410 g/mol. The highest BCUT2D eigenvalue weighted by Crippen LogP contribution is 2.20. The summed E-state index contributed by atoms with van der Waals surface area (Å²) in [5.41, 5.74) is 2.40. The number of rotatable bonds is 6. The minimum atomic E-state index is -0.212. The summed E-state index contributed by atoms with van der Waals surface area (Å²) in [5, 5.41) is 7.58. The number of hydrogen-bond donors (Lipinski definition) is 1. The maximum absolute atomic E-state index is 12.3. The molecule has 29 heavy (non-hydrogen) atoms. The average molecular weight is 411 g/mol. The smallest absolute Gasteiger partial charge is 0.273 e. The molecule has 4 rings (SSSR count). The second-order valence-electron chi connectivity index (χ2n) is 7.00. The molecule has 0 radical (unpaired) electrons. The molecule has 1 aromatic heterocycles. The molecule has 1 saturated heterocycles. The van der Waals surface area contributed by atoms with Gasteiger partial charge in [-0.2, -0.15) is 0 Å². The lowest BCUT2D eigenvalue weighted by molar-refractivity contribution is 0.0939. The van der Waals surface area contributed by atoms with E-state index in [-0.39, 0.29) is 5.91 Å². The lowest BCUT2D eigenvalue weighted by atomic mass is 10.1. The van der Waals surface area contributed by atoms with Crippen LogP contribution in [0.2, 0.25) is 5.02 Å². The molecule has 1 amide bonds. The molecule has 6 nitrogen and oxygen atoms in total. The van der Waals surface area contributed by atoms with Crippen molar-refractivity contribution in [2.75, 3.05) is 44.2 Å². The lowest BCUT2D eigenvalue weighted by Crippen LogP contribution is -2.48. The first kappa shape index (κ1) is 19.5. The Hall–Kier alpha value is -2.83. The van der Waals surface area contributed by atoms with Gasteiger partial charge in [-0.05, 0) is 24.3 Å². The number of nitrogens with zero attached hydrogens (tertiary/aromatic N) is 3. The molecule has 0 bridgehead atoms. The summed E-state index contributed by atoms with van der Waals surface area (Å²) < 4.78 is 5.29. The Balaban J connectivity index is 1.21. The summed E-state index contributed by atoms with van der Waals surface area (Å²) in [5.74, 6) is 0.379. The fourth-order valence-corrected chi connectivity index (χ4v) is 3.55. The summed E-state index contributed by atoms with van der Waals surface area (Å²) in [6.45, 7) is 5.22. The van der Waals surface area contributed by atoms with Crippen LogP contribution in [0.25, 0.3) is 11.3 Å². The third kappa shape index (κ3) is 4.96. The van der Waals surface area contributed by atoms with Crippen LogP contribution in [0.4, 0.5) is 5.69 Å². The molecule has 0 spiro atoms. The van der Waals surface area contributed by atoms with Gasteiger partial charge in [0.25, 0.3) is 5.91 Å². The van der Waals surface area contributed by atoms with Gasteiger partial charge in [-0.25, -0.2) is 0 Å². The summed E-state index contributed by atoms with van der Waals surface area (Å²) >= 11 is 5.96. The molecule has 0 saturated carbocycles.